The molecule has 0 radical (unpaired) electrons. The van der Waals surface area contributed by atoms with E-state index in [0.29, 0.717) is 5.57 Å². The van der Waals surface area contributed by atoms with Crippen molar-refractivity contribution in [2.75, 3.05) is 4.90 Å². The van der Waals surface area contributed by atoms with Crippen molar-refractivity contribution < 1.29 is 4.79 Å². The Balaban J connectivity index is 1.31. The molecule has 2 nitrogen and oxygen atoms in total. The highest BCUT2D eigenvalue weighted by Gasteiger charge is 2.51. The normalized spacial score (nSPS) is 19.8. The Labute approximate surface area is 259 Å². The summed E-state index contributed by atoms with van der Waals surface area (Å²) in [5.74, 6) is 0.0591. The third-order valence-electron chi connectivity index (χ3n) is 11.3. The van der Waals surface area contributed by atoms with Gasteiger partial charge in [0.15, 0.2) is 5.78 Å². The number of hydrogen-bond donors (Lipinski definition) is 0. The van der Waals surface area contributed by atoms with Gasteiger partial charge in [0.1, 0.15) is 0 Å². The van der Waals surface area contributed by atoms with Crippen molar-refractivity contribution in [1.29, 1.82) is 0 Å². The largest absolute Gasteiger partial charge is 0.309 e. The fraction of sp³-hybridized carbons (Fsp3) is 0.214. The van der Waals surface area contributed by atoms with E-state index in [-0.39, 0.29) is 22.0 Å². The number of benzene rings is 5. The minimum absolute atomic E-state index is 0.0591. The molecule has 5 aromatic carbocycles. The molecule has 214 valence electrons. The van der Waals surface area contributed by atoms with Crippen molar-refractivity contribution >= 4 is 45.3 Å². The van der Waals surface area contributed by atoms with E-state index in [2.05, 4.69) is 126 Å². The number of Topliss-reactive ketones (excluding diaryl/α,β-unsaturated/α-hetero) is 1. The van der Waals surface area contributed by atoms with Crippen LogP contribution >= 0.6 is 0 Å². The molecular formula is C42H35NO. The molecule has 5 aromatic rings. The van der Waals surface area contributed by atoms with Crippen LogP contribution in [0, 0.1) is 0 Å². The first-order chi connectivity index (χ1) is 20.9. The van der Waals surface area contributed by atoms with Crippen LogP contribution in [0.3, 0.4) is 0 Å². The average Bonchev–Trinajstić information content (AvgIpc) is 3.22. The minimum Gasteiger partial charge on any atom is -0.309 e. The van der Waals surface area contributed by atoms with Gasteiger partial charge in [-0.25, -0.2) is 0 Å². The number of hydrogen-bond acceptors (Lipinski definition) is 2. The Hall–Kier alpha value is -4.69. The summed E-state index contributed by atoms with van der Waals surface area (Å²) in [7, 11) is 0. The maximum Gasteiger partial charge on any atom is 0.194 e. The second-order valence-corrected chi connectivity index (χ2v) is 14.7. The quantitative estimate of drug-likeness (QED) is 0.187. The molecule has 0 saturated heterocycles. The van der Waals surface area contributed by atoms with Crippen LogP contribution in [-0.2, 0) is 16.2 Å². The van der Waals surface area contributed by atoms with Crippen LogP contribution < -0.4 is 4.90 Å². The zero-order valence-corrected chi connectivity index (χ0v) is 26.2. The predicted octanol–water partition coefficient (Wildman–Crippen LogP) is 10.5. The first kappa shape index (κ1) is 25.8. The van der Waals surface area contributed by atoms with Crippen molar-refractivity contribution in [2.24, 2.45) is 0 Å². The number of fused-ring (bicyclic) bond motifs is 2. The van der Waals surface area contributed by atoms with Crippen molar-refractivity contribution in [3.63, 3.8) is 0 Å². The van der Waals surface area contributed by atoms with Gasteiger partial charge in [-0.05, 0) is 91.2 Å². The molecule has 0 bridgehead atoms. The molecule has 0 amide bonds. The van der Waals surface area contributed by atoms with Crippen molar-refractivity contribution in [2.45, 2.75) is 57.8 Å². The lowest BCUT2D eigenvalue weighted by Gasteiger charge is -2.55. The smallest absolute Gasteiger partial charge is 0.194 e. The SMILES string of the molecule is C=C1/C(=C/c2cc3c4c(c2)C(C)(C)c2cccc5c2N4c2c(cccc2C3(C)C)C5(C)C)C(=O)c2cc3ccccc3cc21. The molecular weight excluding hydrogens is 534 g/mol. The van der Waals surface area contributed by atoms with Gasteiger partial charge in [-0.2, -0.15) is 0 Å². The third-order valence-corrected chi connectivity index (χ3v) is 11.3. The van der Waals surface area contributed by atoms with Gasteiger partial charge >= 0.3 is 0 Å². The van der Waals surface area contributed by atoms with Crippen LogP contribution in [0.2, 0.25) is 0 Å². The standard InChI is InChI=1S/C42H35NO/c1-23-27-21-25-12-8-9-13-26(25)22-29(27)39(44)28(23)18-24-19-34-38-35(20-24)42(6,7)33-17-11-15-31-37(33)43(38)36-30(40(31,2)3)14-10-16-32(36)41(34,4)5/h8-22H,1H2,2-7H3/b28-18-. The van der Waals surface area contributed by atoms with Crippen molar-refractivity contribution in [3.8, 4) is 0 Å². The van der Waals surface area contributed by atoms with E-state index in [1.165, 1.54) is 50.4 Å². The number of anilines is 3. The molecule has 0 unspecified atom stereocenters. The monoisotopic (exact) mass is 569 g/mol. The first-order valence-electron chi connectivity index (χ1n) is 15.7. The zero-order chi connectivity index (χ0) is 30.5. The summed E-state index contributed by atoms with van der Waals surface area (Å²) in [6.07, 6.45) is 2.09. The molecule has 2 heteroatoms. The molecule has 0 spiro atoms. The fourth-order valence-corrected chi connectivity index (χ4v) is 8.72. The molecule has 44 heavy (non-hydrogen) atoms. The Kier molecular flexibility index (Phi) is 4.61. The van der Waals surface area contributed by atoms with E-state index in [9.17, 15) is 4.79 Å². The number of carbonyl (C=O) groups is 1. The molecule has 0 fully saturated rings. The molecule has 4 aliphatic rings. The van der Waals surface area contributed by atoms with Crippen LogP contribution in [0.25, 0.3) is 22.4 Å². The lowest BCUT2D eigenvalue weighted by Crippen LogP contribution is -2.43. The molecule has 3 heterocycles. The lowest BCUT2D eigenvalue weighted by atomic mass is 9.60. The Morgan fingerprint density at radius 1 is 0.568 bits per heavy atom. The van der Waals surface area contributed by atoms with Gasteiger partial charge in [0.2, 0.25) is 0 Å². The van der Waals surface area contributed by atoms with Gasteiger partial charge in [0.25, 0.3) is 0 Å². The van der Waals surface area contributed by atoms with Gasteiger partial charge in [-0.15, -0.1) is 0 Å². The summed E-state index contributed by atoms with van der Waals surface area (Å²) in [5.41, 5.74) is 15.8. The number of ketones is 1. The second kappa shape index (κ2) is 7.87. The van der Waals surface area contributed by atoms with E-state index in [1.807, 2.05) is 18.2 Å². The molecule has 0 saturated carbocycles. The molecule has 9 rings (SSSR count). The predicted molar refractivity (Wildman–Crippen MR) is 183 cm³/mol. The maximum atomic E-state index is 13.9. The number of para-hydroxylation sites is 2. The highest BCUT2D eigenvalue weighted by atomic mass is 16.1. The lowest BCUT2D eigenvalue weighted by molar-refractivity contribution is 0.104. The van der Waals surface area contributed by atoms with Gasteiger partial charge in [0, 0.05) is 27.4 Å². The maximum absolute atomic E-state index is 13.9. The Morgan fingerprint density at radius 3 is 1.50 bits per heavy atom. The minimum atomic E-state index is -0.228. The summed E-state index contributed by atoms with van der Waals surface area (Å²) < 4.78 is 0. The van der Waals surface area contributed by atoms with Gasteiger partial charge in [-0.3, -0.25) is 4.79 Å². The number of rotatable bonds is 1. The van der Waals surface area contributed by atoms with E-state index in [4.69, 9.17) is 0 Å². The molecule has 1 aliphatic carbocycles. The Bertz CT molecular complexity index is 2090. The number of nitrogens with zero attached hydrogens (tertiary/aromatic N) is 1. The highest BCUT2D eigenvalue weighted by molar-refractivity contribution is 6.29. The van der Waals surface area contributed by atoms with Gasteiger partial charge in [-0.1, -0.05) is 109 Å². The van der Waals surface area contributed by atoms with Crippen LogP contribution in [0.4, 0.5) is 17.1 Å². The average molecular weight is 570 g/mol. The van der Waals surface area contributed by atoms with Crippen molar-refractivity contribution in [3.05, 3.63) is 147 Å². The summed E-state index contributed by atoms with van der Waals surface area (Å²) in [6, 6.07) is 30.8. The summed E-state index contributed by atoms with van der Waals surface area (Å²) in [5, 5.41) is 2.21. The van der Waals surface area contributed by atoms with E-state index < -0.39 is 0 Å². The van der Waals surface area contributed by atoms with Gasteiger partial charge in [0.05, 0.1) is 17.1 Å². The fourth-order valence-electron chi connectivity index (χ4n) is 8.72. The topological polar surface area (TPSA) is 20.3 Å². The summed E-state index contributed by atoms with van der Waals surface area (Å²) in [4.78, 5) is 16.5. The van der Waals surface area contributed by atoms with Gasteiger partial charge < -0.3 is 4.90 Å². The number of allylic oxidation sites excluding steroid dienone is 2. The first-order valence-corrected chi connectivity index (χ1v) is 15.7. The molecule has 0 N–H and O–H groups in total. The Morgan fingerprint density at radius 2 is 1.00 bits per heavy atom. The third kappa shape index (κ3) is 2.90. The summed E-state index contributed by atoms with van der Waals surface area (Å²) in [6.45, 7) is 18.6. The molecule has 0 atom stereocenters. The zero-order valence-electron chi connectivity index (χ0n) is 26.2. The molecule has 0 aromatic heterocycles. The second-order valence-electron chi connectivity index (χ2n) is 14.7. The summed E-state index contributed by atoms with van der Waals surface area (Å²) >= 11 is 0. The number of carbonyl (C=O) groups excluding carboxylic acids is 1. The highest BCUT2D eigenvalue weighted by Crippen LogP contribution is 2.66. The van der Waals surface area contributed by atoms with Crippen LogP contribution in [0.1, 0.15) is 96.4 Å². The molecule has 3 aliphatic heterocycles. The van der Waals surface area contributed by atoms with Crippen LogP contribution in [0.5, 0.6) is 0 Å². The van der Waals surface area contributed by atoms with E-state index >= 15 is 0 Å². The van der Waals surface area contributed by atoms with Crippen LogP contribution in [-0.4, -0.2) is 5.78 Å². The van der Waals surface area contributed by atoms with Crippen LogP contribution in [0.15, 0.2) is 97.1 Å². The van der Waals surface area contributed by atoms with E-state index in [0.717, 1.165) is 33.0 Å². The van der Waals surface area contributed by atoms with Crippen molar-refractivity contribution in [1.82, 2.24) is 0 Å². The van der Waals surface area contributed by atoms with E-state index in [1.54, 1.807) is 0 Å².